The van der Waals surface area contributed by atoms with E-state index in [0.29, 0.717) is 18.8 Å². The molecule has 1 aliphatic rings. The Labute approximate surface area is 143 Å². The van der Waals surface area contributed by atoms with Crippen LogP contribution in [0.3, 0.4) is 0 Å². The molecule has 2 atom stereocenters. The van der Waals surface area contributed by atoms with E-state index in [2.05, 4.69) is 0 Å². The van der Waals surface area contributed by atoms with Crippen molar-refractivity contribution in [3.63, 3.8) is 0 Å². The van der Waals surface area contributed by atoms with Crippen molar-refractivity contribution < 1.29 is 23.8 Å². The Morgan fingerprint density at radius 3 is 2.46 bits per heavy atom. The molecule has 0 bridgehead atoms. The lowest BCUT2D eigenvalue weighted by Crippen LogP contribution is -2.24. The molecule has 1 fully saturated rings. The van der Waals surface area contributed by atoms with Crippen molar-refractivity contribution in [2.75, 3.05) is 13.2 Å². The van der Waals surface area contributed by atoms with E-state index in [1.807, 2.05) is 39.0 Å². The Hall–Kier alpha value is -1.88. The van der Waals surface area contributed by atoms with Crippen molar-refractivity contribution >= 4 is 11.9 Å². The van der Waals surface area contributed by atoms with Gasteiger partial charge in [-0.15, -0.1) is 0 Å². The van der Waals surface area contributed by atoms with Gasteiger partial charge in [0.15, 0.2) is 5.60 Å². The molecule has 24 heavy (non-hydrogen) atoms. The number of esters is 2. The summed E-state index contributed by atoms with van der Waals surface area (Å²) < 4.78 is 16.5. The molecule has 0 spiro atoms. The van der Waals surface area contributed by atoms with Crippen LogP contribution in [0.1, 0.15) is 45.2 Å². The SMILES string of the molecule is CC[C@@H](C)C(=O)Oc1cc(C)ccc1[C@]1(COC(=O)C(C)C)CO1. The second-order valence-corrected chi connectivity index (χ2v) is 6.78. The van der Waals surface area contributed by atoms with Crippen LogP contribution in [0.5, 0.6) is 5.75 Å². The molecule has 0 aromatic heterocycles. The van der Waals surface area contributed by atoms with Gasteiger partial charge >= 0.3 is 11.9 Å². The first-order valence-electron chi connectivity index (χ1n) is 8.42. The highest BCUT2D eigenvalue weighted by molar-refractivity contribution is 5.75. The van der Waals surface area contributed by atoms with E-state index >= 15 is 0 Å². The summed E-state index contributed by atoms with van der Waals surface area (Å²) in [4.78, 5) is 23.9. The molecule has 0 unspecified atom stereocenters. The fourth-order valence-corrected chi connectivity index (χ4v) is 2.22. The number of epoxide rings is 1. The molecular formula is C19H26O5. The number of benzene rings is 1. The van der Waals surface area contributed by atoms with Gasteiger partial charge in [-0.2, -0.15) is 0 Å². The third kappa shape index (κ3) is 4.15. The maximum atomic E-state index is 12.2. The molecule has 1 aromatic carbocycles. The Bertz CT molecular complexity index is 616. The summed E-state index contributed by atoms with van der Waals surface area (Å²) in [6.45, 7) is 9.85. The number of carbonyl (C=O) groups excluding carboxylic acids is 2. The van der Waals surface area contributed by atoms with Crippen molar-refractivity contribution in [2.24, 2.45) is 11.8 Å². The van der Waals surface area contributed by atoms with E-state index < -0.39 is 5.60 Å². The maximum absolute atomic E-state index is 12.2. The van der Waals surface area contributed by atoms with E-state index in [1.165, 1.54) is 0 Å². The van der Waals surface area contributed by atoms with Crippen LogP contribution in [0.15, 0.2) is 18.2 Å². The standard InChI is InChI=1S/C19H26O5/c1-6-14(5)18(21)24-16-9-13(4)7-8-15(16)19(11-23-19)10-22-17(20)12(2)3/h7-9,12,14H,6,10-11H2,1-5H3/t14-,19+/m1/s1. The lowest BCUT2D eigenvalue weighted by molar-refractivity contribution is -0.149. The quantitative estimate of drug-likeness (QED) is 0.434. The third-order valence-electron chi connectivity index (χ3n) is 4.27. The zero-order chi connectivity index (χ0) is 17.9. The van der Waals surface area contributed by atoms with Crippen LogP contribution in [-0.2, 0) is 24.7 Å². The highest BCUT2D eigenvalue weighted by Crippen LogP contribution is 2.44. The van der Waals surface area contributed by atoms with Crippen molar-refractivity contribution in [1.29, 1.82) is 0 Å². The Balaban J connectivity index is 2.20. The normalized spacial score (nSPS) is 20.6. The van der Waals surface area contributed by atoms with Crippen LogP contribution in [0.2, 0.25) is 0 Å². The van der Waals surface area contributed by atoms with E-state index in [9.17, 15) is 9.59 Å². The summed E-state index contributed by atoms with van der Waals surface area (Å²) in [6, 6.07) is 5.64. The average Bonchev–Trinajstić information content (AvgIpc) is 3.32. The smallest absolute Gasteiger partial charge is 0.314 e. The van der Waals surface area contributed by atoms with Gasteiger partial charge in [0.1, 0.15) is 12.4 Å². The average molecular weight is 334 g/mol. The van der Waals surface area contributed by atoms with Gasteiger partial charge in [0.2, 0.25) is 0 Å². The minimum Gasteiger partial charge on any atom is -0.462 e. The van der Waals surface area contributed by atoms with Crippen LogP contribution < -0.4 is 4.74 Å². The first-order valence-corrected chi connectivity index (χ1v) is 8.42. The predicted octanol–water partition coefficient (Wildman–Crippen LogP) is 3.37. The van der Waals surface area contributed by atoms with Gasteiger partial charge in [0.25, 0.3) is 0 Å². The molecule has 132 valence electrons. The summed E-state index contributed by atoms with van der Waals surface area (Å²) in [5.74, 6) is -0.414. The van der Waals surface area contributed by atoms with Gasteiger partial charge in [-0.25, -0.2) is 0 Å². The topological polar surface area (TPSA) is 65.1 Å². The Morgan fingerprint density at radius 2 is 1.92 bits per heavy atom. The molecular weight excluding hydrogens is 308 g/mol. The molecule has 5 heteroatoms. The second kappa shape index (κ2) is 7.34. The number of carbonyl (C=O) groups is 2. The molecule has 1 aliphatic heterocycles. The molecule has 0 N–H and O–H groups in total. The first-order chi connectivity index (χ1) is 11.3. The lowest BCUT2D eigenvalue weighted by Gasteiger charge is -2.19. The molecule has 1 saturated heterocycles. The fourth-order valence-electron chi connectivity index (χ4n) is 2.22. The molecule has 1 aromatic rings. The molecule has 0 amide bonds. The molecule has 0 radical (unpaired) electrons. The Kier molecular flexibility index (Phi) is 5.65. The van der Waals surface area contributed by atoms with Gasteiger partial charge in [-0.05, 0) is 25.0 Å². The summed E-state index contributed by atoms with van der Waals surface area (Å²) >= 11 is 0. The highest BCUT2D eigenvalue weighted by Gasteiger charge is 2.50. The zero-order valence-electron chi connectivity index (χ0n) is 15.0. The number of ether oxygens (including phenoxy) is 3. The second-order valence-electron chi connectivity index (χ2n) is 6.78. The summed E-state index contributed by atoms with van der Waals surface area (Å²) in [5, 5.41) is 0. The number of rotatable bonds is 7. The Morgan fingerprint density at radius 1 is 1.25 bits per heavy atom. The minimum atomic E-state index is -0.705. The lowest BCUT2D eigenvalue weighted by atomic mass is 9.98. The third-order valence-corrected chi connectivity index (χ3v) is 4.27. The van der Waals surface area contributed by atoms with E-state index in [-0.39, 0.29) is 30.4 Å². The fraction of sp³-hybridized carbons (Fsp3) is 0.579. The van der Waals surface area contributed by atoms with Gasteiger partial charge in [-0.1, -0.05) is 39.8 Å². The van der Waals surface area contributed by atoms with E-state index in [1.54, 1.807) is 13.8 Å². The summed E-state index contributed by atoms with van der Waals surface area (Å²) in [7, 11) is 0. The summed E-state index contributed by atoms with van der Waals surface area (Å²) in [6.07, 6.45) is 0.716. The van der Waals surface area contributed by atoms with Crippen LogP contribution in [0.25, 0.3) is 0 Å². The van der Waals surface area contributed by atoms with Crippen LogP contribution in [0, 0.1) is 18.8 Å². The zero-order valence-corrected chi connectivity index (χ0v) is 15.0. The predicted molar refractivity (Wildman–Crippen MR) is 89.7 cm³/mol. The number of aryl methyl sites for hydroxylation is 1. The molecule has 5 nitrogen and oxygen atoms in total. The van der Waals surface area contributed by atoms with E-state index in [4.69, 9.17) is 14.2 Å². The van der Waals surface area contributed by atoms with Crippen molar-refractivity contribution in [2.45, 2.75) is 46.6 Å². The van der Waals surface area contributed by atoms with Crippen molar-refractivity contribution in [1.82, 2.24) is 0 Å². The van der Waals surface area contributed by atoms with Crippen LogP contribution in [-0.4, -0.2) is 25.2 Å². The molecule has 0 aliphatic carbocycles. The number of hydrogen-bond donors (Lipinski definition) is 0. The number of hydrogen-bond acceptors (Lipinski definition) is 5. The van der Waals surface area contributed by atoms with Gasteiger partial charge in [-0.3, -0.25) is 9.59 Å². The first kappa shape index (κ1) is 18.5. The van der Waals surface area contributed by atoms with Crippen molar-refractivity contribution in [3.05, 3.63) is 29.3 Å². The van der Waals surface area contributed by atoms with Crippen LogP contribution in [0.4, 0.5) is 0 Å². The monoisotopic (exact) mass is 334 g/mol. The van der Waals surface area contributed by atoms with Gasteiger partial charge in [0.05, 0.1) is 18.4 Å². The van der Waals surface area contributed by atoms with Crippen molar-refractivity contribution in [3.8, 4) is 5.75 Å². The highest BCUT2D eigenvalue weighted by atomic mass is 16.6. The van der Waals surface area contributed by atoms with Gasteiger partial charge < -0.3 is 14.2 Å². The minimum absolute atomic E-state index is 0.126. The van der Waals surface area contributed by atoms with Crippen LogP contribution >= 0.6 is 0 Å². The molecule has 2 rings (SSSR count). The van der Waals surface area contributed by atoms with E-state index in [0.717, 1.165) is 11.1 Å². The maximum Gasteiger partial charge on any atom is 0.314 e. The molecule has 0 saturated carbocycles. The largest absolute Gasteiger partial charge is 0.462 e. The molecule has 1 heterocycles. The summed E-state index contributed by atoms with van der Waals surface area (Å²) in [5.41, 5.74) is 1.03. The van der Waals surface area contributed by atoms with Gasteiger partial charge in [0, 0.05) is 5.56 Å².